The monoisotopic (exact) mass is 332 g/mol. The first-order valence-electron chi connectivity index (χ1n) is 7.88. The molecule has 0 atom stereocenters. The van der Waals surface area contributed by atoms with E-state index in [2.05, 4.69) is 33.2 Å². The van der Waals surface area contributed by atoms with Crippen LogP contribution >= 0.6 is 22.7 Å². The number of hydrogen-bond acceptors (Lipinski definition) is 4. The minimum absolute atomic E-state index is 0.291. The van der Waals surface area contributed by atoms with Crippen LogP contribution in [0.4, 0.5) is 0 Å². The smallest absolute Gasteiger partial charge is 0.237 e. The SMILES string of the molecule is O=C(CN(Cc1ccsc1)C1CC1)N1CCc2sccc2C1. The molecule has 0 spiro atoms. The van der Waals surface area contributed by atoms with Gasteiger partial charge in [0.1, 0.15) is 0 Å². The van der Waals surface area contributed by atoms with Crippen LogP contribution in [0, 0.1) is 0 Å². The molecule has 1 aliphatic heterocycles. The molecule has 0 saturated heterocycles. The van der Waals surface area contributed by atoms with Crippen LogP contribution < -0.4 is 0 Å². The second-order valence-electron chi connectivity index (χ2n) is 6.20. The number of amides is 1. The van der Waals surface area contributed by atoms with Gasteiger partial charge in [0, 0.05) is 30.6 Å². The minimum Gasteiger partial charge on any atom is -0.337 e. The largest absolute Gasteiger partial charge is 0.337 e. The van der Waals surface area contributed by atoms with Gasteiger partial charge in [-0.25, -0.2) is 0 Å². The van der Waals surface area contributed by atoms with E-state index in [0.29, 0.717) is 18.5 Å². The van der Waals surface area contributed by atoms with E-state index < -0.39 is 0 Å². The number of nitrogens with zero attached hydrogens (tertiary/aromatic N) is 2. The summed E-state index contributed by atoms with van der Waals surface area (Å²) in [5.74, 6) is 0.291. The second-order valence-corrected chi connectivity index (χ2v) is 7.98. The number of fused-ring (bicyclic) bond motifs is 1. The van der Waals surface area contributed by atoms with E-state index in [4.69, 9.17) is 0 Å². The molecule has 2 aromatic rings. The topological polar surface area (TPSA) is 23.6 Å². The van der Waals surface area contributed by atoms with Crippen molar-refractivity contribution in [1.29, 1.82) is 0 Å². The van der Waals surface area contributed by atoms with Crippen LogP contribution in [0.25, 0.3) is 0 Å². The van der Waals surface area contributed by atoms with Crippen LogP contribution in [0.3, 0.4) is 0 Å². The maximum absolute atomic E-state index is 12.7. The summed E-state index contributed by atoms with van der Waals surface area (Å²) in [5, 5.41) is 6.45. The van der Waals surface area contributed by atoms with Crippen molar-refractivity contribution in [2.45, 2.75) is 38.4 Å². The molecule has 22 heavy (non-hydrogen) atoms. The van der Waals surface area contributed by atoms with Gasteiger partial charge in [0.05, 0.1) is 6.54 Å². The summed E-state index contributed by atoms with van der Waals surface area (Å²) >= 11 is 3.56. The molecule has 2 aliphatic rings. The molecule has 1 amide bonds. The molecule has 2 aromatic heterocycles. The van der Waals surface area contributed by atoms with Crippen molar-refractivity contribution in [3.05, 3.63) is 44.3 Å². The van der Waals surface area contributed by atoms with Gasteiger partial charge in [-0.1, -0.05) is 0 Å². The van der Waals surface area contributed by atoms with Crippen LogP contribution in [-0.2, 0) is 24.3 Å². The number of carbonyl (C=O) groups excluding carboxylic acids is 1. The fraction of sp³-hybridized carbons (Fsp3) is 0.471. The molecule has 116 valence electrons. The van der Waals surface area contributed by atoms with Crippen LogP contribution in [0.1, 0.15) is 28.8 Å². The molecule has 1 fully saturated rings. The summed E-state index contributed by atoms with van der Waals surface area (Å²) in [6, 6.07) is 4.96. The van der Waals surface area contributed by atoms with Crippen LogP contribution in [0.5, 0.6) is 0 Å². The van der Waals surface area contributed by atoms with Crippen molar-refractivity contribution in [2.24, 2.45) is 0 Å². The van der Waals surface area contributed by atoms with E-state index in [9.17, 15) is 4.79 Å². The Morgan fingerprint density at radius 2 is 2.23 bits per heavy atom. The van der Waals surface area contributed by atoms with Gasteiger partial charge in [0.2, 0.25) is 5.91 Å². The number of rotatable bonds is 5. The molecule has 3 nitrogen and oxygen atoms in total. The molecular formula is C17H20N2OS2. The molecule has 0 N–H and O–H groups in total. The number of thiophene rings is 2. The first-order valence-corrected chi connectivity index (χ1v) is 9.70. The van der Waals surface area contributed by atoms with Crippen molar-refractivity contribution in [2.75, 3.05) is 13.1 Å². The first-order chi connectivity index (χ1) is 10.8. The average Bonchev–Trinajstić information content (AvgIpc) is 3.06. The predicted molar refractivity (Wildman–Crippen MR) is 91.2 cm³/mol. The summed E-state index contributed by atoms with van der Waals surface area (Å²) in [7, 11) is 0. The summed E-state index contributed by atoms with van der Waals surface area (Å²) in [6.45, 7) is 3.16. The molecule has 0 aromatic carbocycles. The highest BCUT2D eigenvalue weighted by Crippen LogP contribution is 2.29. The third kappa shape index (κ3) is 3.12. The summed E-state index contributed by atoms with van der Waals surface area (Å²) in [5.41, 5.74) is 2.68. The third-order valence-electron chi connectivity index (χ3n) is 4.53. The summed E-state index contributed by atoms with van der Waals surface area (Å²) < 4.78 is 0. The number of hydrogen-bond donors (Lipinski definition) is 0. The van der Waals surface area contributed by atoms with Crippen molar-refractivity contribution in [1.82, 2.24) is 9.80 Å². The highest BCUT2D eigenvalue weighted by Gasteiger charge is 2.32. The van der Waals surface area contributed by atoms with Crippen LogP contribution in [0.2, 0.25) is 0 Å². The van der Waals surface area contributed by atoms with E-state index in [-0.39, 0.29) is 0 Å². The summed E-state index contributed by atoms with van der Waals surface area (Å²) in [6.07, 6.45) is 3.50. The molecular weight excluding hydrogens is 312 g/mol. The van der Waals surface area contributed by atoms with E-state index in [0.717, 1.165) is 26.1 Å². The van der Waals surface area contributed by atoms with Gasteiger partial charge in [0.15, 0.2) is 0 Å². The summed E-state index contributed by atoms with van der Waals surface area (Å²) in [4.78, 5) is 18.6. The first kappa shape index (κ1) is 14.4. The lowest BCUT2D eigenvalue weighted by molar-refractivity contribution is -0.133. The number of carbonyl (C=O) groups is 1. The third-order valence-corrected chi connectivity index (χ3v) is 6.28. The Balaban J connectivity index is 1.40. The molecule has 0 unspecified atom stereocenters. The van der Waals surface area contributed by atoms with Crippen LogP contribution in [-0.4, -0.2) is 34.8 Å². The Labute approximate surface area is 139 Å². The molecule has 4 rings (SSSR count). The molecule has 1 saturated carbocycles. The van der Waals surface area contributed by atoms with Gasteiger partial charge in [-0.3, -0.25) is 9.69 Å². The predicted octanol–water partition coefficient (Wildman–Crippen LogP) is 3.36. The molecule has 0 radical (unpaired) electrons. The van der Waals surface area contributed by atoms with Gasteiger partial charge in [-0.15, -0.1) is 11.3 Å². The van der Waals surface area contributed by atoms with Gasteiger partial charge >= 0.3 is 0 Å². The molecule has 5 heteroatoms. The Hall–Kier alpha value is -1.17. The lowest BCUT2D eigenvalue weighted by Gasteiger charge is -2.30. The lowest BCUT2D eigenvalue weighted by atomic mass is 10.1. The Morgan fingerprint density at radius 3 is 3.00 bits per heavy atom. The lowest BCUT2D eigenvalue weighted by Crippen LogP contribution is -2.42. The quantitative estimate of drug-likeness (QED) is 0.838. The standard InChI is InChI=1S/C17H20N2OS2/c20-17(18-6-3-16-14(10-18)5-8-22-16)11-19(15-1-2-15)9-13-4-7-21-12-13/h4-5,7-8,12,15H,1-3,6,9-11H2. The van der Waals surface area contributed by atoms with Crippen molar-refractivity contribution in [3.8, 4) is 0 Å². The Bertz CT molecular complexity index is 645. The Morgan fingerprint density at radius 1 is 1.32 bits per heavy atom. The molecule has 1 aliphatic carbocycles. The molecule has 0 bridgehead atoms. The van der Waals surface area contributed by atoms with Crippen LogP contribution in [0.15, 0.2) is 28.3 Å². The van der Waals surface area contributed by atoms with Crippen molar-refractivity contribution in [3.63, 3.8) is 0 Å². The van der Waals surface area contributed by atoms with Gasteiger partial charge < -0.3 is 4.90 Å². The van der Waals surface area contributed by atoms with Gasteiger partial charge in [0.25, 0.3) is 0 Å². The Kier molecular flexibility index (Phi) is 4.03. The van der Waals surface area contributed by atoms with Crippen molar-refractivity contribution >= 4 is 28.6 Å². The zero-order chi connectivity index (χ0) is 14.9. The van der Waals surface area contributed by atoms with Crippen molar-refractivity contribution < 1.29 is 4.79 Å². The molecule has 3 heterocycles. The van der Waals surface area contributed by atoms with E-state index in [1.807, 2.05) is 16.2 Å². The van der Waals surface area contributed by atoms with Gasteiger partial charge in [-0.05, 0) is 58.7 Å². The maximum Gasteiger partial charge on any atom is 0.237 e. The second kappa shape index (κ2) is 6.14. The normalized spacial score (nSPS) is 17.8. The fourth-order valence-electron chi connectivity index (χ4n) is 3.11. The fourth-order valence-corrected chi connectivity index (χ4v) is 4.66. The van der Waals surface area contributed by atoms with E-state index >= 15 is 0 Å². The van der Waals surface area contributed by atoms with E-state index in [1.165, 1.54) is 28.8 Å². The average molecular weight is 332 g/mol. The highest BCUT2D eigenvalue weighted by atomic mass is 32.1. The minimum atomic E-state index is 0.291. The highest BCUT2D eigenvalue weighted by molar-refractivity contribution is 7.10. The maximum atomic E-state index is 12.7. The van der Waals surface area contributed by atoms with Gasteiger partial charge in [-0.2, -0.15) is 11.3 Å². The van der Waals surface area contributed by atoms with E-state index in [1.54, 1.807) is 11.3 Å². The zero-order valence-corrected chi connectivity index (χ0v) is 14.2. The zero-order valence-electron chi connectivity index (χ0n) is 12.5.